The Morgan fingerprint density at radius 1 is 1.29 bits per heavy atom. The predicted octanol–water partition coefficient (Wildman–Crippen LogP) is 2.83. The van der Waals surface area contributed by atoms with Crippen molar-refractivity contribution in [3.63, 3.8) is 0 Å². The van der Waals surface area contributed by atoms with E-state index in [2.05, 4.69) is 11.9 Å². The standard InChI is InChI=1S/C14H16N2O/c1-3-9-16-10-8-15-14(16)13(17)12-6-4-11(2)5-7-12/h4-8,10H,3,9H2,1-2H3. The lowest BCUT2D eigenvalue weighted by atomic mass is 10.1. The van der Waals surface area contributed by atoms with Gasteiger partial charge in [0.25, 0.3) is 0 Å². The van der Waals surface area contributed by atoms with Crippen LogP contribution in [0.15, 0.2) is 36.7 Å². The van der Waals surface area contributed by atoms with Crippen molar-refractivity contribution in [3.8, 4) is 0 Å². The summed E-state index contributed by atoms with van der Waals surface area (Å²) in [4.78, 5) is 16.4. The van der Waals surface area contributed by atoms with E-state index in [4.69, 9.17) is 0 Å². The fourth-order valence-electron chi connectivity index (χ4n) is 1.77. The fraction of sp³-hybridized carbons (Fsp3) is 0.286. The van der Waals surface area contributed by atoms with E-state index < -0.39 is 0 Å². The Balaban J connectivity index is 2.30. The van der Waals surface area contributed by atoms with Crippen LogP contribution in [-0.2, 0) is 6.54 Å². The maximum Gasteiger partial charge on any atom is 0.228 e. The highest BCUT2D eigenvalue weighted by molar-refractivity contribution is 6.06. The Labute approximate surface area is 101 Å². The highest BCUT2D eigenvalue weighted by Crippen LogP contribution is 2.10. The summed E-state index contributed by atoms with van der Waals surface area (Å²) in [6, 6.07) is 7.59. The Kier molecular flexibility index (Phi) is 3.38. The van der Waals surface area contributed by atoms with Gasteiger partial charge in [-0.15, -0.1) is 0 Å². The van der Waals surface area contributed by atoms with Crippen LogP contribution in [0.25, 0.3) is 0 Å². The number of aryl methyl sites for hydroxylation is 2. The van der Waals surface area contributed by atoms with E-state index in [0.717, 1.165) is 18.5 Å². The number of hydrogen-bond acceptors (Lipinski definition) is 2. The number of rotatable bonds is 4. The number of ketones is 1. The van der Waals surface area contributed by atoms with Gasteiger partial charge in [-0.05, 0) is 13.3 Å². The van der Waals surface area contributed by atoms with E-state index in [1.165, 1.54) is 0 Å². The van der Waals surface area contributed by atoms with Gasteiger partial charge < -0.3 is 4.57 Å². The summed E-state index contributed by atoms with van der Waals surface area (Å²) >= 11 is 0. The minimum atomic E-state index is -0.0107. The SMILES string of the molecule is CCCn1ccnc1C(=O)c1ccc(C)cc1. The lowest BCUT2D eigenvalue weighted by Crippen LogP contribution is -2.11. The molecule has 0 atom stereocenters. The highest BCUT2D eigenvalue weighted by Gasteiger charge is 2.14. The van der Waals surface area contributed by atoms with Crippen LogP contribution in [0.1, 0.15) is 35.1 Å². The third-order valence-corrected chi connectivity index (χ3v) is 2.70. The van der Waals surface area contributed by atoms with Crippen LogP contribution in [-0.4, -0.2) is 15.3 Å². The van der Waals surface area contributed by atoms with Crippen LogP contribution in [0.4, 0.5) is 0 Å². The molecule has 1 heterocycles. The van der Waals surface area contributed by atoms with Crippen LogP contribution >= 0.6 is 0 Å². The van der Waals surface area contributed by atoms with Crippen molar-refractivity contribution in [2.45, 2.75) is 26.8 Å². The molecule has 2 aromatic rings. The second kappa shape index (κ2) is 4.95. The van der Waals surface area contributed by atoms with E-state index in [1.54, 1.807) is 6.20 Å². The third-order valence-electron chi connectivity index (χ3n) is 2.70. The monoisotopic (exact) mass is 228 g/mol. The molecule has 0 radical (unpaired) electrons. The minimum Gasteiger partial charge on any atom is -0.328 e. The first-order valence-corrected chi connectivity index (χ1v) is 5.85. The minimum absolute atomic E-state index is 0.0107. The maximum absolute atomic E-state index is 12.2. The molecule has 0 saturated carbocycles. The molecule has 0 saturated heterocycles. The maximum atomic E-state index is 12.2. The molecule has 2 rings (SSSR count). The molecule has 0 bridgehead atoms. The molecule has 88 valence electrons. The molecule has 0 amide bonds. The quantitative estimate of drug-likeness (QED) is 0.754. The molecular weight excluding hydrogens is 212 g/mol. The number of benzene rings is 1. The Hall–Kier alpha value is -1.90. The van der Waals surface area contributed by atoms with E-state index in [1.807, 2.05) is 42.0 Å². The second-order valence-corrected chi connectivity index (χ2v) is 4.14. The number of nitrogens with zero attached hydrogens (tertiary/aromatic N) is 2. The molecule has 0 N–H and O–H groups in total. The smallest absolute Gasteiger partial charge is 0.228 e. The molecule has 3 nitrogen and oxygen atoms in total. The first-order valence-electron chi connectivity index (χ1n) is 5.85. The summed E-state index contributed by atoms with van der Waals surface area (Å²) in [5.74, 6) is 0.513. The average molecular weight is 228 g/mol. The number of imidazole rings is 1. The Morgan fingerprint density at radius 3 is 2.65 bits per heavy atom. The normalized spacial score (nSPS) is 10.5. The number of hydrogen-bond donors (Lipinski definition) is 0. The molecular formula is C14H16N2O. The van der Waals surface area contributed by atoms with Crippen LogP contribution < -0.4 is 0 Å². The van der Waals surface area contributed by atoms with Crippen molar-refractivity contribution in [1.29, 1.82) is 0 Å². The van der Waals surface area contributed by atoms with E-state index in [9.17, 15) is 4.79 Å². The van der Waals surface area contributed by atoms with Gasteiger partial charge in [-0.25, -0.2) is 4.98 Å². The first-order chi connectivity index (χ1) is 8.22. The third kappa shape index (κ3) is 2.44. The van der Waals surface area contributed by atoms with Gasteiger partial charge in [0.05, 0.1) is 0 Å². The molecule has 0 unspecified atom stereocenters. The molecule has 0 aliphatic heterocycles. The number of aromatic nitrogens is 2. The van der Waals surface area contributed by atoms with Gasteiger partial charge in [0.15, 0.2) is 5.82 Å². The molecule has 1 aromatic carbocycles. The van der Waals surface area contributed by atoms with Gasteiger partial charge in [0.2, 0.25) is 5.78 Å². The van der Waals surface area contributed by atoms with E-state index in [0.29, 0.717) is 11.4 Å². The lowest BCUT2D eigenvalue weighted by Gasteiger charge is -2.05. The van der Waals surface area contributed by atoms with E-state index in [-0.39, 0.29) is 5.78 Å². The molecule has 0 fully saturated rings. The van der Waals surface area contributed by atoms with Crippen LogP contribution in [0.2, 0.25) is 0 Å². The molecule has 1 aromatic heterocycles. The van der Waals surface area contributed by atoms with Crippen LogP contribution in [0, 0.1) is 6.92 Å². The van der Waals surface area contributed by atoms with Crippen molar-refractivity contribution in [3.05, 3.63) is 53.6 Å². The summed E-state index contributed by atoms with van der Waals surface area (Å²) in [7, 11) is 0. The molecule has 17 heavy (non-hydrogen) atoms. The predicted molar refractivity (Wildman–Crippen MR) is 67.1 cm³/mol. The fourth-order valence-corrected chi connectivity index (χ4v) is 1.77. The van der Waals surface area contributed by atoms with Gasteiger partial charge in [0, 0.05) is 24.5 Å². The zero-order valence-corrected chi connectivity index (χ0v) is 10.2. The number of carbonyl (C=O) groups is 1. The molecule has 0 spiro atoms. The summed E-state index contributed by atoms with van der Waals surface area (Å²) < 4.78 is 1.90. The van der Waals surface area contributed by atoms with Gasteiger partial charge in [-0.3, -0.25) is 4.79 Å². The van der Waals surface area contributed by atoms with Crippen LogP contribution in [0.3, 0.4) is 0 Å². The summed E-state index contributed by atoms with van der Waals surface area (Å²) in [6.07, 6.45) is 4.52. The van der Waals surface area contributed by atoms with Crippen molar-refractivity contribution in [1.82, 2.24) is 9.55 Å². The molecule has 0 aliphatic rings. The van der Waals surface area contributed by atoms with Crippen molar-refractivity contribution < 1.29 is 4.79 Å². The van der Waals surface area contributed by atoms with Gasteiger partial charge >= 0.3 is 0 Å². The van der Waals surface area contributed by atoms with Crippen molar-refractivity contribution in [2.75, 3.05) is 0 Å². The molecule has 0 aliphatic carbocycles. The van der Waals surface area contributed by atoms with Gasteiger partial charge in [-0.2, -0.15) is 0 Å². The topological polar surface area (TPSA) is 34.9 Å². The zero-order chi connectivity index (χ0) is 12.3. The average Bonchev–Trinajstić information content (AvgIpc) is 2.78. The summed E-state index contributed by atoms with van der Waals surface area (Å²) in [6.45, 7) is 4.92. The summed E-state index contributed by atoms with van der Waals surface area (Å²) in [5.41, 5.74) is 1.85. The van der Waals surface area contributed by atoms with Crippen molar-refractivity contribution >= 4 is 5.78 Å². The first kappa shape index (κ1) is 11.6. The Morgan fingerprint density at radius 2 is 2.00 bits per heavy atom. The van der Waals surface area contributed by atoms with Gasteiger partial charge in [0.1, 0.15) is 0 Å². The van der Waals surface area contributed by atoms with E-state index >= 15 is 0 Å². The largest absolute Gasteiger partial charge is 0.328 e. The lowest BCUT2D eigenvalue weighted by molar-refractivity contribution is 0.102. The van der Waals surface area contributed by atoms with Gasteiger partial charge in [-0.1, -0.05) is 36.8 Å². The number of carbonyl (C=O) groups excluding carboxylic acids is 1. The second-order valence-electron chi connectivity index (χ2n) is 4.14. The summed E-state index contributed by atoms with van der Waals surface area (Å²) in [5, 5.41) is 0. The zero-order valence-electron chi connectivity index (χ0n) is 10.2. The molecule has 3 heteroatoms. The van der Waals surface area contributed by atoms with Crippen molar-refractivity contribution in [2.24, 2.45) is 0 Å². The van der Waals surface area contributed by atoms with Crippen LogP contribution in [0.5, 0.6) is 0 Å². The Bertz CT molecular complexity index is 511. The highest BCUT2D eigenvalue weighted by atomic mass is 16.1.